The minimum absolute atomic E-state index is 0.450. The van der Waals surface area contributed by atoms with Crippen molar-refractivity contribution in [1.82, 2.24) is 9.55 Å². The number of hydrogen-bond donors (Lipinski definition) is 0. The molecule has 0 radical (unpaired) electrons. The molecule has 14 heavy (non-hydrogen) atoms. The second kappa shape index (κ2) is 4.61. The zero-order valence-corrected chi connectivity index (χ0v) is 8.77. The van der Waals surface area contributed by atoms with Crippen LogP contribution in [0.1, 0.15) is 31.3 Å². The van der Waals surface area contributed by atoms with Crippen LogP contribution in [0.15, 0.2) is 31.5 Å². The smallest absolute Gasteiger partial charge is 0.136 e. The number of aromatic nitrogens is 2. The Hall–Kier alpha value is -1.57. The van der Waals surface area contributed by atoms with Crippen molar-refractivity contribution in [3.8, 4) is 0 Å². The molecule has 2 heteroatoms. The summed E-state index contributed by atoms with van der Waals surface area (Å²) < 4.78 is 2.03. The first-order valence-corrected chi connectivity index (χ1v) is 4.69. The first-order chi connectivity index (χ1) is 6.70. The van der Waals surface area contributed by atoms with Gasteiger partial charge >= 0.3 is 0 Å². The third-order valence-electron chi connectivity index (χ3n) is 2.00. The quantitative estimate of drug-likeness (QED) is 0.663. The van der Waals surface area contributed by atoms with Crippen LogP contribution in [-0.2, 0) is 0 Å². The largest absolute Gasteiger partial charge is 0.304 e. The minimum atomic E-state index is 0.450. The molecule has 0 fully saturated rings. The van der Waals surface area contributed by atoms with Crippen LogP contribution in [0.3, 0.4) is 0 Å². The lowest BCUT2D eigenvalue weighted by atomic mass is 10.1. The van der Waals surface area contributed by atoms with E-state index in [1.807, 2.05) is 23.0 Å². The topological polar surface area (TPSA) is 17.8 Å². The molecule has 0 N–H and O–H groups in total. The summed E-state index contributed by atoms with van der Waals surface area (Å²) >= 11 is 0. The Morgan fingerprint density at radius 3 is 2.64 bits per heavy atom. The highest BCUT2D eigenvalue weighted by Crippen LogP contribution is 2.17. The van der Waals surface area contributed by atoms with E-state index in [0.29, 0.717) is 5.92 Å². The molecule has 0 atom stereocenters. The van der Waals surface area contributed by atoms with E-state index in [-0.39, 0.29) is 0 Å². The number of allylic oxidation sites excluding steroid dienone is 2. The normalized spacial score (nSPS) is 11.1. The second-order valence-corrected chi connectivity index (χ2v) is 3.35. The number of imidazole rings is 1. The average molecular weight is 188 g/mol. The van der Waals surface area contributed by atoms with Gasteiger partial charge in [-0.1, -0.05) is 33.1 Å². The lowest BCUT2D eigenvalue weighted by molar-refractivity contribution is 0.800. The van der Waals surface area contributed by atoms with E-state index >= 15 is 0 Å². The molecule has 0 saturated carbocycles. The van der Waals surface area contributed by atoms with Crippen molar-refractivity contribution < 1.29 is 0 Å². The summed E-state index contributed by atoms with van der Waals surface area (Å²) in [6.07, 6.45) is 9.22. The molecular weight excluding hydrogens is 172 g/mol. The van der Waals surface area contributed by atoms with Gasteiger partial charge in [-0.25, -0.2) is 4.98 Å². The van der Waals surface area contributed by atoms with E-state index in [4.69, 9.17) is 0 Å². The van der Waals surface area contributed by atoms with E-state index in [1.165, 1.54) is 5.69 Å². The van der Waals surface area contributed by atoms with Crippen LogP contribution in [0.4, 0.5) is 0 Å². The summed E-state index contributed by atoms with van der Waals surface area (Å²) in [5.41, 5.74) is 1.18. The summed E-state index contributed by atoms with van der Waals surface area (Å²) in [4.78, 5) is 4.27. The van der Waals surface area contributed by atoms with Gasteiger partial charge in [-0.15, -0.1) is 0 Å². The van der Waals surface area contributed by atoms with Crippen molar-refractivity contribution in [2.45, 2.75) is 19.8 Å². The fourth-order valence-electron chi connectivity index (χ4n) is 1.28. The predicted octanol–water partition coefficient (Wildman–Crippen LogP) is 3.31. The molecule has 0 saturated heterocycles. The Kier molecular flexibility index (Phi) is 3.46. The first-order valence-electron chi connectivity index (χ1n) is 4.69. The molecule has 0 amide bonds. The molecule has 0 spiro atoms. The Morgan fingerprint density at radius 1 is 1.43 bits per heavy atom. The van der Waals surface area contributed by atoms with Gasteiger partial charge in [-0.2, -0.15) is 0 Å². The number of hydrogen-bond acceptors (Lipinski definition) is 1. The summed E-state index contributed by atoms with van der Waals surface area (Å²) in [7, 11) is 0. The molecule has 2 nitrogen and oxygen atoms in total. The second-order valence-electron chi connectivity index (χ2n) is 3.35. The maximum Gasteiger partial charge on any atom is 0.136 e. The van der Waals surface area contributed by atoms with Crippen molar-refractivity contribution in [2.24, 2.45) is 0 Å². The minimum Gasteiger partial charge on any atom is -0.304 e. The molecule has 1 aromatic rings. The highest BCUT2D eigenvalue weighted by Gasteiger charge is 2.07. The highest BCUT2D eigenvalue weighted by atomic mass is 15.1. The SMILES string of the molecule is C=C/C=C\n1c(C(C)C)cnc1C=C. The maximum atomic E-state index is 4.27. The van der Waals surface area contributed by atoms with Gasteiger partial charge in [0.25, 0.3) is 0 Å². The molecule has 0 aliphatic heterocycles. The fraction of sp³-hybridized carbons (Fsp3) is 0.250. The molecule has 0 aliphatic carbocycles. The van der Waals surface area contributed by atoms with Gasteiger partial charge in [0.2, 0.25) is 0 Å². The average Bonchev–Trinajstić information content (AvgIpc) is 2.57. The molecule has 74 valence electrons. The van der Waals surface area contributed by atoms with Gasteiger partial charge in [0, 0.05) is 18.1 Å². The van der Waals surface area contributed by atoms with Crippen molar-refractivity contribution in [1.29, 1.82) is 0 Å². The van der Waals surface area contributed by atoms with Crippen molar-refractivity contribution >= 4 is 12.3 Å². The van der Waals surface area contributed by atoms with Crippen LogP contribution in [-0.4, -0.2) is 9.55 Å². The molecule has 1 heterocycles. The molecule has 0 bridgehead atoms. The van der Waals surface area contributed by atoms with Gasteiger partial charge in [0.05, 0.1) is 0 Å². The molecule has 1 rings (SSSR count). The fourth-order valence-corrected chi connectivity index (χ4v) is 1.28. The lowest BCUT2D eigenvalue weighted by Gasteiger charge is -2.07. The number of nitrogens with zero attached hydrogens (tertiary/aromatic N) is 2. The van der Waals surface area contributed by atoms with Gasteiger partial charge in [0.15, 0.2) is 0 Å². The van der Waals surface area contributed by atoms with Crippen LogP contribution < -0.4 is 0 Å². The van der Waals surface area contributed by atoms with Gasteiger partial charge in [-0.05, 0) is 18.1 Å². The Balaban J connectivity index is 3.18. The maximum absolute atomic E-state index is 4.27. The highest BCUT2D eigenvalue weighted by molar-refractivity contribution is 5.45. The summed E-state index contributed by atoms with van der Waals surface area (Å²) in [5.74, 6) is 1.32. The van der Waals surface area contributed by atoms with E-state index < -0.39 is 0 Å². The van der Waals surface area contributed by atoms with Crippen LogP contribution in [0, 0.1) is 0 Å². The van der Waals surface area contributed by atoms with Crippen LogP contribution in [0.25, 0.3) is 12.3 Å². The Bertz CT molecular complexity index is 356. The van der Waals surface area contributed by atoms with E-state index in [2.05, 4.69) is 32.0 Å². The van der Waals surface area contributed by atoms with Gasteiger partial charge in [0.1, 0.15) is 5.82 Å². The first kappa shape index (κ1) is 10.5. The van der Waals surface area contributed by atoms with E-state index in [0.717, 1.165) is 5.82 Å². The Labute approximate surface area is 85.3 Å². The van der Waals surface area contributed by atoms with Gasteiger partial charge < -0.3 is 4.57 Å². The molecule has 0 aliphatic rings. The summed E-state index contributed by atoms with van der Waals surface area (Å²) in [5, 5.41) is 0. The molecule has 0 aromatic carbocycles. The number of rotatable bonds is 4. The van der Waals surface area contributed by atoms with Crippen LogP contribution in [0.5, 0.6) is 0 Å². The van der Waals surface area contributed by atoms with Crippen LogP contribution in [0.2, 0.25) is 0 Å². The Morgan fingerprint density at radius 2 is 2.14 bits per heavy atom. The molecule has 1 aromatic heterocycles. The summed E-state index contributed by atoms with van der Waals surface area (Å²) in [6.45, 7) is 11.7. The van der Waals surface area contributed by atoms with Crippen molar-refractivity contribution in [3.63, 3.8) is 0 Å². The third-order valence-corrected chi connectivity index (χ3v) is 2.00. The molecule has 0 unspecified atom stereocenters. The van der Waals surface area contributed by atoms with Crippen molar-refractivity contribution in [3.05, 3.63) is 43.0 Å². The van der Waals surface area contributed by atoms with Gasteiger partial charge in [-0.3, -0.25) is 0 Å². The predicted molar refractivity (Wildman–Crippen MR) is 61.9 cm³/mol. The summed E-state index contributed by atoms with van der Waals surface area (Å²) in [6, 6.07) is 0. The zero-order valence-electron chi connectivity index (χ0n) is 8.77. The lowest BCUT2D eigenvalue weighted by Crippen LogP contribution is -1.98. The monoisotopic (exact) mass is 188 g/mol. The van der Waals surface area contributed by atoms with E-state index in [9.17, 15) is 0 Å². The third kappa shape index (κ3) is 2.02. The van der Waals surface area contributed by atoms with Crippen LogP contribution >= 0.6 is 0 Å². The standard InChI is InChI=1S/C12H16N2/c1-5-7-8-14-11(10(3)4)9-13-12(14)6-2/h5-10H,1-2H2,3-4H3/b8-7-. The molecular formula is C12H16N2. The zero-order chi connectivity index (χ0) is 10.6. The van der Waals surface area contributed by atoms with Crippen molar-refractivity contribution in [2.75, 3.05) is 0 Å². The van der Waals surface area contributed by atoms with E-state index in [1.54, 1.807) is 12.2 Å².